The van der Waals surface area contributed by atoms with Gasteiger partial charge in [0.1, 0.15) is 11.5 Å². The van der Waals surface area contributed by atoms with Crippen molar-refractivity contribution in [3.63, 3.8) is 0 Å². The van der Waals surface area contributed by atoms with Crippen LogP contribution in [0.1, 0.15) is 25.7 Å². The topological polar surface area (TPSA) is 66.8 Å². The molecule has 4 nitrogen and oxygen atoms in total. The number of rotatable bonds is 8. The highest BCUT2D eigenvalue weighted by Gasteiger charge is 2.18. The molecule has 1 aromatic carbocycles. The third-order valence-corrected chi connectivity index (χ3v) is 2.47. The SMILES string of the molecule is O=C(O)C(CCCCCF)Oc1cccc(O)c1. The fourth-order valence-corrected chi connectivity index (χ4v) is 1.55. The Morgan fingerprint density at radius 2 is 2.11 bits per heavy atom. The summed E-state index contributed by atoms with van der Waals surface area (Å²) in [6.07, 6.45) is 1.04. The van der Waals surface area contributed by atoms with E-state index in [2.05, 4.69) is 0 Å². The van der Waals surface area contributed by atoms with E-state index in [-0.39, 0.29) is 12.4 Å². The summed E-state index contributed by atoms with van der Waals surface area (Å²) in [5.41, 5.74) is 0. The molecule has 0 amide bonds. The number of hydrogen-bond donors (Lipinski definition) is 2. The average Bonchev–Trinajstić information content (AvgIpc) is 2.33. The molecule has 0 fully saturated rings. The van der Waals surface area contributed by atoms with Gasteiger partial charge in [-0.05, 0) is 31.4 Å². The predicted molar refractivity (Wildman–Crippen MR) is 64.6 cm³/mol. The first kappa shape index (κ1) is 14.3. The van der Waals surface area contributed by atoms with Crippen LogP contribution in [0.5, 0.6) is 11.5 Å². The van der Waals surface area contributed by atoms with Crippen molar-refractivity contribution in [2.75, 3.05) is 6.67 Å². The number of unbranched alkanes of at least 4 members (excludes halogenated alkanes) is 2. The minimum atomic E-state index is -1.06. The zero-order chi connectivity index (χ0) is 13.4. The Bertz CT molecular complexity index is 381. The number of carboxylic acid groups (broad SMARTS) is 1. The lowest BCUT2D eigenvalue weighted by molar-refractivity contribution is -0.145. The number of ether oxygens (including phenoxy) is 1. The van der Waals surface area contributed by atoms with Gasteiger partial charge < -0.3 is 14.9 Å². The molecule has 0 bridgehead atoms. The zero-order valence-corrected chi connectivity index (χ0v) is 10.0. The minimum Gasteiger partial charge on any atom is -0.508 e. The van der Waals surface area contributed by atoms with Crippen LogP contribution in [0.15, 0.2) is 24.3 Å². The van der Waals surface area contributed by atoms with E-state index in [9.17, 15) is 14.3 Å². The first-order valence-corrected chi connectivity index (χ1v) is 5.88. The number of aliphatic carboxylic acids is 1. The molecule has 1 aromatic rings. The first-order valence-electron chi connectivity index (χ1n) is 5.88. The Labute approximate surface area is 105 Å². The number of halogens is 1. The van der Waals surface area contributed by atoms with E-state index in [1.807, 2.05) is 0 Å². The molecule has 2 N–H and O–H groups in total. The van der Waals surface area contributed by atoms with Crippen molar-refractivity contribution < 1.29 is 24.1 Å². The molecule has 100 valence electrons. The Morgan fingerprint density at radius 3 is 2.72 bits per heavy atom. The number of phenolic OH excluding ortho intramolecular Hbond substituents is 1. The quantitative estimate of drug-likeness (QED) is 0.702. The lowest BCUT2D eigenvalue weighted by atomic mass is 10.1. The highest BCUT2D eigenvalue weighted by atomic mass is 19.1. The van der Waals surface area contributed by atoms with Gasteiger partial charge in [0.25, 0.3) is 0 Å². The second kappa shape index (κ2) is 7.53. The van der Waals surface area contributed by atoms with Crippen LogP contribution in [0.25, 0.3) is 0 Å². The highest BCUT2D eigenvalue weighted by Crippen LogP contribution is 2.20. The van der Waals surface area contributed by atoms with Crippen LogP contribution in [0, 0.1) is 0 Å². The van der Waals surface area contributed by atoms with Gasteiger partial charge in [0.15, 0.2) is 6.10 Å². The molecule has 0 radical (unpaired) electrons. The number of hydrogen-bond acceptors (Lipinski definition) is 3. The summed E-state index contributed by atoms with van der Waals surface area (Å²) in [5.74, 6) is -0.722. The fraction of sp³-hybridized carbons (Fsp3) is 0.462. The molecule has 18 heavy (non-hydrogen) atoms. The van der Waals surface area contributed by atoms with Gasteiger partial charge in [0.2, 0.25) is 0 Å². The molecule has 1 atom stereocenters. The maximum absolute atomic E-state index is 11.9. The van der Waals surface area contributed by atoms with Gasteiger partial charge in [-0.15, -0.1) is 0 Å². The summed E-state index contributed by atoms with van der Waals surface area (Å²) in [7, 11) is 0. The maximum Gasteiger partial charge on any atom is 0.344 e. The van der Waals surface area contributed by atoms with Gasteiger partial charge >= 0.3 is 5.97 Å². The number of carboxylic acids is 1. The summed E-state index contributed by atoms with van der Waals surface area (Å²) >= 11 is 0. The second-order valence-electron chi connectivity index (χ2n) is 3.98. The molecule has 0 spiro atoms. The van der Waals surface area contributed by atoms with Crippen LogP contribution < -0.4 is 4.74 Å². The monoisotopic (exact) mass is 256 g/mol. The van der Waals surface area contributed by atoms with Crippen LogP contribution in [0.4, 0.5) is 4.39 Å². The molecule has 0 aliphatic carbocycles. The van der Waals surface area contributed by atoms with Gasteiger partial charge in [0, 0.05) is 6.07 Å². The van der Waals surface area contributed by atoms with Gasteiger partial charge in [-0.3, -0.25) is 4.39 Å². The summed E-state index contributed by atoms with van der Waals surface area (Å²) in [6, 6.07) is 5.99. The lowest BCUT2D eigenvalue weighted by Gasteiger charge is -2.15. The van der Waals surface area contributed by atoms with Crippen LogP contribution >= 0.6 is 0 Å². The third-order valence-electron chi connectivity index (χ3n) is 2.47. The largest absolute Gasteiger partial charge is 0.508 e. The van der Waals surface area contributed by atoms with Crippen LogP contribution in [0.2, 0.25) is 0 Å². The number of aromatic hydroxyl groups is 1. The fourth-order valence-electron chi connectivity index (χ4n) is 1.55. The van der Waals surface area contributed by atoms with Crippen molar-refractivity contribution in [2.45, 2.75) is 31.8 Å². The molecule has 0 saturated heterocycles. The smallest absolute Gasteiger partial charge is 0.344 e. The Hall–Kier alpha value is -1.78. The van der Waals surface area contributed by atoms with E-state index in [1.54, 1.807) is 12.1 Å². The van der Waals surface area contributed by atoms with E-state index in [0.717, 1.165) is 0 Å². The van der Waals surface area contributed by atoms with Crippen molar-refractivity contribution >= 4 is 5.97 Å². The molecule has 5 heteroatoms. The summed E-state index contributed by atoms with van der Waals surface area (Å²) in [6.45, 7) is -0.384. The van der Waals surface area contributed by atoms with Crippen LogP contribution in [-0.4, -0.2) is 29.0 Å². The van der Waals surface area contributed by atoms with Crippen molar-refractivity contribution in [3.8, 4) is 11.5 Å². The van der Waals surface area contributed by atoms with Crippen LogP contribution in [0.3, 0.4) is 0 Å². The van der Waals surface area contributed by atoms with Gasteiger partial charge in [-0.2, -0.15) is 0 Å². The molecule has 0 aliphatic heterocycles. The number of carbonyl (C=O) groups is 1. The van der Waals surface area contributed by atoms with Crippen molar-refractivity contribution in [1.29, 1.82) is 0 Å². The van der Waals surface area contributed by atoms with E-state index >= 15 is 0 Å². The molecular formula is C13H17FO4. The highest BCUT2D eigenvalue weighted by molar-refractivity contribution is 5.72. The normalized spacial score (nSPS) is 12.1. The summed E-state index contributed by atoms with van der Waals surface area (Å²) < 4.78 is 17.2. The maximum atomic E-state index is 11.9. The number of phenols is 1. The van der Waals surface area contributed by atoms with Gasteiger partial charge in [-0.25, -0.2) is 4.79 Å². The molecule has 1 unspecified atom stereocenters. The molecule has 0 saturated carbocycles. The van der Waals surface area contributed by atoms with E-state index in [0.29, 0.717) is 31.4 Å². The van der Waals surface area contributed by atoms with E-state index < -0.39 is 12.1 Å². The zero-order valence-electron chi connectivity index (χ0n) is 10.0. The van der Waals surface area contributed by atoms with Crippen molar-refractivity contribution in [1.82, 2.24) is 0 Å². The van der Waals surface area contributed by atoms with Crippen molar-refractivity contribution in [2.24, 2.45) is 0 Å². The standard InChI is InChI=1S/C13H17FO4/c14-8-3-1-2-7-12(13(16)17)18-11-6-4-5-10(15)9-11/h4-6,9,12,15H,1-3,7-8H2,(H,16,17). The minimum absolute atomic E-state index is 0.0223. The van der Waals surface area contributed by atoms with Crippen molar-refractivity contribution in [3.05, 3.63) is 24.3 Å². The number of benzene rings is 1. The van der Waals surface area contributed by atoms with Gasteiger partial charge in [0.05, 0.1) is 6.67 Å². The lowest BCUT2D eigenvalue weighted by Crippen LogP contribution is -2.26. The Morgan fingerprint density at radius 1 is 1.33 bits per heavy atom. The molecule has 1 rings (SSSR count). The second-order valence-corrected chi connectivity index (χ2v) is 3.98. The summed E-state index contributed by atoms with van der Waals surface area (Å²) in [5, 5.41) is 18.2. The first-order chi connectivity index (χ1) is 8.63. The Balaban J connectivity index is 2.50. The van der Waals surface area contributed by atoms with Gasteiger partial charge in [-0.1, -0.05) is 12.5 Å². The molecule has 0 aromatic heterocycles. The average molecular weight is 256 g/mol. The molecule has 0 heterocycles. The van der Waals surface area contributed by atoms with E-state index in [4.69, 9.17) is 9.84 Å². The van der Waals surface area contributed by atoms with E-state index in [1.165, 1.54) is 12.1 Å². The van der Waals surface area contributed by atoms with Crippen LogP contribution in [-0.2, 0) is 4.79 Å². The predicted octanol–water partition coefficient (Wildman–Crippen LogP) is 2.75. The molecular weight excluding hydrogens is 239 g/mol. The number of alkyl halides is 1. The summed E-state index contributed by atoms with van der Waals surface area (Å²) in [4.78, 5) is 11.0. The Kier molecular flexibility index (Phi) is 5.97. The third kappa shape index (κ3) is 5.03. The molecule has 0 aliphatic rings.